The van der Waals surface area contributed by atoms with Gasteiger partial charge in [-0.05, 0) is 36.4 Å². The minimum atomic E-state index is -0.828. The van der Waals surface area contributed by atoms with E-state index in [4.69, 9.17) is 27.9 Å². The van der Waals surface area contributed by atoms with E-state index in [-0.39, 0.29) is 43.7 Å². The van der Waals surface area contributed by atoms with Crippen molar-refractivity contribution < 1.29 is 28.8 Å². The van der Waals surface area contributed by atoms with E-state index in [2.05, 4.69) is 0 Å². The van der Waals surface area contributed by atoms with E-state index in [0.29, 0.717) is 0 Å². The lowest BCUT2D eigenvalue weighted by molar-refractivity contribution is -0.384. The molecule has 1 heterocycles. The van der Waals surface area contributed by atoms with E-state index in [1.807, 2.05) is 0 Å². The van der Waals surface area contributed by atoms with E-state index >= 15 is 0 Å². The smallest absolute Gasteiger partial charge is 0.338 e. The number of ether oxygens (including phenoxy) is 1. The fourth-order valence-electron chi connectivity index (χ4n) is 3.31. The normalized spacial score (nSPS) is 12.5. The molecule has 4 rings (SSSR count). The van der Waals surface area contributed by atoms with Crippen LogP contribution in [0.15, 0.2) is 60.7 Å². The van der Waals surface area contributed by atoms with Crippen molar-refractivity contribution in [1.82, 2.24) is 0 Å². The molecule has 0 aliphatic carbocycles. The molecule has 2 amide bonds. The summed E-state index contributed by atoms with van der Waals surface area (Å²) in [5.41, 5.74) is 0.277. The molecule has 0 fully saturated rings. The topological polar surface area (TPSA) is 124 Å². The minimum Gasteiger partial charge on any atom is -0.454 e. The Morgan fingerprint density at radius 3 is 2.03 bits per heavy atom. The molecule has 9 nitrogen and oxygen atoms in total. The Morgan fingerprint density at radius 2 is 1.47 bits per heavy atom. The molecule has 0 bridgehead atoms. The Balaban J connectivity index is 1.45. The van der Waals surface area contributed by atoms with Crippen molar-refractivity contribution in [1.29, 1.82) is 0 Å². The standard InChI is InChI=1S/C23H12Cl2N2O7/c24-18-9-16-17(10-19(18)25)22(30)26(21(16)29)14-6-4-12(5-7-14)23(31)34-11-20(28)13-2-1-3-15(8-13)27(32)33/h1-10H,11H2. The van der Waals surface area contributed by atoms with Crippen LogP contribution in [-0.2, 0) is 4.74 Å². The van der Waals surface area contributed by atoms with Crippen LogP contribution in [0.1, 0.15) is 41.4 Å². The van der Waals surface area contributed by atoms with E-state index in [1.165, 1.54) is 54.6 Å². The second-order valence-electron chi connectivity index (χ2n) is 7.11. The molecular weight excluding hydrogens is 487 g/mol. The van der Waals surface area contributed by atoms with Gasteiger partial charge in [0.1, 0.15) is 0 Å². The summed E-state index contributed by atoms with van der Waals surface area (Å²) in [6.07, 6.45) is 0. The second kappa shape index (κ2) is 9.05. The molecule has 3 aromatic carbocycles. The predicted octanol–water partition coefficient (Wildman–Crippen LogP) is 4.74. The summed E-state index contributed by atoms with van der Waals surface area (Å²) in [6.45, 7) is -0.623. The molecule has 170 valence electrons. The second-order valence-corrected chi connectivity index (χ2v) is 7.93. The molecule has 0 unspecified atom stereocenters. The number of halogens is 2. The van der Waals surface area contributed by atoms with Gasteiger partial charge >= 0.3 is 5.97 Å². The number of fused-ring (bicyclic) bond motifs is 1. The van der Waals surface area contributed by atoms with E-state index in [0.717, 1.165) is 11.0 Å². The van der Waals surface area contributed by atoms with Crippen LogP contribution in [0.3, 0.4) is 0 Å². The fraction of sp³-hybridized carbons (Fsp3) is 0.0435. The zero-order valence-electron chi connectivity index (χ0n) is 17.0. The summed E-state index contributed by atoms with van der Waals surface area (Å²) in [4.78, 5) is 61.1. The van der Waals surface area contributed by atoms with Gasteiger partial charge in [-0.15, -0.1) is 0 Å². The number of non-ortho nitro benzene ring substituents is 1. The average Bonchev–Trinajstić information content (AvgIpc) is 3.06. The minimum absolute atomic E-state index is 0.0307. The van der Waals surface area contributed by atoms with Crippen LogP contribution in [0, 0.1) is 10.1 Å². The maximum Gasteiger partial charge on any atom is 0.338 e. The summed E-state index contributed by atoms with van der Waals surface area (Å²) in [5, 5.41) is 11.1. The lowest BCUT2D eigenvalue weighted by Crippen LogP contribution is -2.29. The number of Topliss-reactive ketones (excluding diaryl/α,β-unsaturated/α-hetero) is 1. The molecule has 1 aliphatic rings. The average molecular weight is 499 g/mol. The first kappa shape index (κ1) is 23.1. The van der Waals surface area contributed by atoms with Crippen LogP contribution in [0.4, 0.5) is 11.4 Å². The first-order valence-corrected chi connectivity index (χ1v) is 10.4. The van der Waals surface area contributed by atoms with Crippen LogP contribution in [0.2, 0.25) is 10.0 Å². The van der Waals surface area contributed by atoms with Crippen LogP contribution in [0.5, 0.6) is 0 Å². The van der Waals surface area contributed by atoms with Crippen LogP contribution >= 0.6 is 23.2 Å². The highest BCUT2D eigenvalue weighted by molar-refractivity contribution is 6.44. The Labute approximate surface area is 201 Å². The third kappa shape index (κ3) is 4.26. The number of imide groups is 1. The van der Waals surface area contributed by atoms with Crippen LogP contribution in [0.25, 0.3) is 0 Å². The van der Waals surface area contributed by atoms with E-state index in [9.17, 15) is 29.3 Å². The van der Waals surface area contributed by atoms with Crippen molar-refractivity contribution in [3.63, 3.8) is 0 Å². The van der Waals surface area contributed by atoms with Crippen molar-refractivity contribution in [2.24, 2.45) is 0 Å². The van der Waals surface area contributed by atoms with E-state index < -0.39 is 35.1 Å². The summed E-state index contributed by atoms with van der Waals surface area (Å²) >= 11 is 11.9. The van der Waals surface area contributed by atoms with Gasteiger partial charge in [-0.2, -0.15) is 0 Å². The quantitative estimate of drug-likeness (QED) is 0.158. The number of carbonyl (C=O) groups is 4. The van der Waals surface area contributed by atoms with Crippen LogP contribution in [-0.4, -0.2) is 35.1 Å². The number of benzene rings is 3. The van der Waals surface area contributed by atoms with Crippen molar-refractivity contribution >= 4 is 58.1 Å². The number of carbonyl (C=O) groups excluding carboxylic acids is 4. The number of amides is 2. The molecule has 3 aromatic rings. The molecule has 0 saturated carbocycles. The lowest BCUT2D eigenvalue weighted by atomic mass is 10.1. The van der Waals surface area contributed by atoms with Gasteiger partial charge in [0.15, 0.2) is 6.61 Å². The third-order valence-electron chi connectivity index (χ3n) is 5.00. The molecule has 11 heteroatoms. The Morgan fingerprint density at radius 1 is 0.882 bits per heavy atom. The zero-order valence-corrected chi connectivity index (χ0v) is 18.5. The molecule has 34 heavy (non-hydrogen) atoms. The van der Waals surface area contributed by atoms with Gasteiger partial charge in [-0.25, -0.2) is 9.69 Å². The summed E-state index contributed by atoms with van der Waals surface area (Å²) in [5.74, 6) is -2.61. The van der Waals surface area contributed by atoms with Gasteiger partial charge in [0.05, 0.1) is 37.3 Å². The number of anilines is 1. The molecule has 0 radical (unpaired) electrons. The molecular formula is C23H12Cl2N2O7. The summed E-state index contributed by atoms with van der Waals surface area (Å²) in [6, 6.07) is 13.1. The maximum atomic E-state index is 12.7. The number of nitro groups is 1. The highest BCUT2D eigenvalue weighted by atomic mass is 35.5. The number of hydrogen-bond donors (Lipinski definition) is 0. The predicted molar refractivity (Wildman–Crippen MR) is 122 cm³/mol. The Bertz CT molecular complexity index is 1350. The third-order valence-corrected chi connectivity index (χ3v) is 5.72. The number of hydrogen-bond acceptors (Lipinski definition) is 7. The Kier molecular flexibility index (Phi) is 6.14. The van der Waals surface area contributed by atoms with Gasteiger partial charge in [0.25, 0.3) is 17.5 Å². The van der Waals surface area contributed by atoms with Gasteiger partial charge in [-0.1, -0.05) is 35.3 Å². The molecule has 0 aromatic heterocycles. The first-order chi connectivity index (χ1) is 16.2. The molecule has 1 aliphatic heterocycles. The van der Waals surface area contributed by atoms with Gasteiger partial charge < -0.3 is 4.74 Å². The number of nitro benzene ring substituents is 1. The SMILES string of the molecule is O=C(COC(=O)c1ccc(N2C(=O)c3cc(Cl)c(Cl)cc3C2=O)cc1)c1cccc([N+](=O)[O-])c1. The number of esters is 1. The van der Waals surface area contributed by atoms with Gasteiger partial charge in [0.2, 0.25) is 5.78 Å². The fourth-order valence-corrected chi connectivity index (χ4v) is 3.63. The van der Waals surface area contributed by atoms with E-state index in [1.54, 1.807) is 0 Å². The van der Waals surface area contributed by atoms with Gasteiger partial charge in [0, 0.05) is 17.7 Å². The number of ketones is 1. The molecule has 0 saturated heterocycles. The molecule has 0 spiro atoms. The van der Waals surface area contributed by atoms with Crippen molar-refractivity contribution in [2.75, 3.05) is 11.5 Å². The molecule has 0 atom stereocenters. The molecule has 0 N–H and O–H groups in total. The lowest BCUT2D eigenvalue weighted by Gasteiger charge is -2.14. The highest BCUT2D eigenvalue weighted by Crippen LogP contribution is 2.34. The number of nitrogens with zero attached hydrogens (tertiary/aromatic N) is 2. The van der Waals surface area contributed by atoms with Crippen LogP contribution < -0.4 is 4.90 Å². The van der Waals surface area contributed by atoms with Crippen molar-refractivity contribution in [3.05, 3.63) is 103 Å². The maximum absolute atomic E-state index is 12.7. The van der Waals surface area contributed by atoms with Crippen molar-refractivity contribution in [3.8, 4) is 0 Å². The monoisotopic (exact) mass is 498 g/mol. The summed E-state index contributed by atoms with van der Waals surface area (Å²) < 4.78 is 4.99. The number of rotatable bonds is 6. The first-order valence-electron chi connectivity index (χ1n) is 9.60. The largest absolute Gasteiger partial charge is 0.454 e. The zero-order chi connectivity index (χ0) is 24.6. The Hall–Kier alpha value is -4.08. The van der Waals surface area contributed by atoms with Gasteiger partial charge in [-0.3, -0.25) is 24.5 Å². The highest BCUT2D eigenvalue weighted by Gasteiger charge is 2.37. The van der Waals surface area contributed by atoms with Crippen molar-refractivity contribution in [2.45, 2.75) is 0 Å². The summed E-state index contributed by atoms with van der Waals surface area (Å²) in [7, 11) is 0.